The van der Waals surface area contributed by atoms with Gasteiger partial charge in [0, 0.05) is 37.3 Å². The lowest BCUT2D eigenvalue weighted by Crippen LogP contribution is -2.51. The zero-order chi connectivity index (χ0) is 16.7. The highest BCUT2D eigenvalue weighted by Crippen LogP contribution is 2.40. The summed E-state index contributed by atoms with van der Waals surface area (Å²) in [5.41, 5.74) is 3.08. The van der Waals surface area contributed by atoms with Gasteiger partial charge in [-0.3, -0.25) is 4.79 Å². The van der Waals surface area contributed by atoms with Crippen LogP contribution in [0.4, 0.5) is 0 Å². The summed E-state index contributed by atoms with van der Waals surface area (Å²) in [4.78, 5) is 19.8. The lowest BCUT2D eigenvalue weighted by atomic mass is 10.0. The maximum Gasteiger partial charge on any atom is 0.259 e. The molecule has 0 aromatic carbocycles. The van der Waals surface area contributed by atoms with Gasteiger partial charge in [0.1, 0.15) is 0 Å². The number of piperazine rings is 1. The van der Waals surface area contributed by atoms with Crippen LogP contribution in [0.3, 0.4) is 0 Å². The van der Waals surface area contributed by atoms with Crippen LogP contribution in [0.25, 0.3) is 11.1 Å². The zero-order valence-electron chi connectivity index (χ0n) is 14.3. The van der Waals surface area contributed by atoms with Gasteiger partial charge in [-0.2, -0.15) is 0 Å². The third-order valence-corrected chi connectivity index (χ3v) is 4.91. The fourth-order valence-electron chi connectivity index (χ4n) is 3.48. The molecule has 1 N–H and O–H groups in total. The second-order valence-corrected chi connectivity index (χ2v) is 7.03. The lowest BCUT2D eigenvalue weighted by Gasteiger charge is -2.32. The molecule has 24 heavy (non-hydrogen) atoms. The molecular formula is C18H24N4O2. The smallest absolute Gasteiger partial charge is 0.259 e. The van der Waals surface area contributed by atoms with Gasteiger partial charge < -0.3 is 14.7 Å². The number of rotatable bonds is 4. The van der Waals surface area contributed by atoms with Crippen LogP contribution >= 0.6 is 0 Å². The minimum absolute atomic E-state index is 0.0817. The molecule has 1 amide bonds. The number of aromatic nitrogens is 2. The second kappa shape index (κ2) is 6.16. The molecule has 2 fully saturated rings. The minimum atomic E-state index is 0.0817. The van der Waals surface area contributed by atoms with Gasteiger partial charge in [-0.15, -0.1) is 0 Å². The van der Waals surface area contributed by atoms with Gasteiger partial charge >= 0.3 is 0 Å². The molecule has 2 aliphatic rings. The second-order valence-electron chi connectivity index (χ2n) is 7.03. The van der Waals surface area contributed by atoms with Gasteiger partial charge in [-0.1, -0.05) is 18.5 Å². The van der Waals surface area contributed by atoms with E-state index in [9.17, 15) is 4.79 Å². The van der Waals surface area contributed by atoms with Crippen LogP contribution in [0.1, 0.15) is 60.8 Å². The molecule has 6 heteroatoms. The molecule has 3 heterocycles. The fourth-order valence-corrected chi connectivity index (χ4v) is 3.48. The molecule has 6 nitrogen and oxygen atoms in total. The van der Waals surface area contributed by atoms with Crippen LogP contribution < -0.4 is 5.32 Å². The van der Waals surface area contributed by atoms with E-state index in [-0.39, 0.29) is 5.91 Å². The number of hydrogen-bond acceptors (Lipinski definition) is 5. The normalized spacial score (nSPS) is 21.4. The Labute approximate surface area is 141 Å². The van der Waals surface area contributed by atoms with Crippen LogP contribution in [0.2, 0.25) is 0 Å². The first-order valence-electron chi connectivity index (χ1n) is 8.99. The molecular weight excluding hydrogens is 304 g/mol. The summed E-state index contributed by atoms with van der Waals surface area (Å²) < 4.78 is 5.48. The van der Waals surface area contributed by atoms with Crippen molar-refractivity contribution in [3.63, 3.8) is 0 Å². The number of carbonyl (C=O) groups excluding carboxylic acids is 1. The van der Waals surface area contributed by atoms with Crippen molar-refractivity contribution in [2.75, 3.05) is 19.6 Å². The molecule has 1 saturated heterocycles. The van der Waals surface area contributed by atoms with Crippen molar-refractivity contribution >= 4 is 17.0 Å². The van der Waals surface area contributed by atoms with E-state index in [0.29, 0.717) is 17.7 Å². The average Bonchev–Trinajstić information content (AvgIpc) is 3.36. The topological polar surface area (TPSA) is 71.3 Å². The van der Waals surface area contributed by atoms with Crippen LogP contribution in [0.15, 0.2) is 10.6 Å². The fraction of sp³-hybridized carbons (Fsp3) is 0.611. The van der Waals surface area contributed by atoms with Crippen LogP contribution in [0, 0.1) is 0 Å². The van der Waals surface area contributed by atoms with E-state index in [1.807, 2.05) is 11.0 Å². The largest absolute Gasteiger partial charge is 0.336 e. The summed E-state index contributed by atoms with van der Waals surface area (Å²) in [6.45, 7) is 6.52. The Kier molecular flexibility index (Phi) is 4.00. The summed E-state index contributed by atoms with van der Waals surface area (Å²) in [6, 6.07) is 2.31. The predicted molar refractivity (Wildman–Crippen MR) is 91.1 cm³/mol. The summed E-state index contributed by atoms with van der Waals surface area (Å²) in [5.74, 6) is 0.556. The van der Waals surface area contributed by atoms with Crippen LogP contribution in [-0.4, -0.2) is 46.6 Å². The SMILES string of the molecule is CCCc1noc2nc(C3CC3)cc(C(=O)N3CCNC(C)C3)c12. The lowest BCUT2D eigenvalue weighted by molar-refractivity contribution is 0.0711. The number of aryl methyl sites for hydroxylation is 1. The molecule has 0 radical (unpaired) electrons. The number of fused-ring (bicyclic) bond motifs is 1. The Morgan fingerprint density at radius 1 is 1.46 bits per heavy atom. The van der Waals surface area contributed by atoms with Gasteiger partial charge in [-0.05, 0) is 32.3 Å². The Balaban J connectivity index is 1.78. The highest BCUT2D eigenvalue weighted by atomic mass is 16.5. The molecule has 2 aromatic rings. The number of hydrogen-bond donors (Lipinski definition) is 1. The molecule has 0 spiro atoms. The molecule has 2 aromatic heterocycles. The van der Waals surface area contributed by atoms with Crippen molar-refractivity contribution in [1.82, 2.24) is 20.4 Å². The highest BCUT2D eigenvalue weighted by Gasteiger charge is 2.31. The molecule has 1 saturated carbocycles. The first-order chi connectivity index (χ1) is 11.7. The van der Waals surface area contributed by atoms with E-state index < -0.39 is 0 Å². The Morgan fingerprint density at radius 2 is 2.29 bits per heavy atom. The number of amides is 1. The third kappa shape index (κ3) is 2.79. The molecule has 1 unspecified atom stereocenters. The Morgan fingerprint density at radius 3 is 3.00 bits per heavy atom. The molecule has 1 aliphatic heterocycles. The van der Waals surface area contributed by atoms with Crippen LogP contribution in [0.5, 0.6) is 0 Å². The number of nitrogens with one attached hydrogen (secondary N) is 1. The average molecular weight is 328 g/mol. The summed E-state index contributed by atoms with van der Waals surface area (Å²) in [5, 5.41) is 8.39. The first-order valence-corrected chi connectivity index (χ1v) is 8.99. The van der Waals surface area contributed by atoms with Crippen molar-refractivity contribution in [3.05, 3.63) is 23.0 Å². The zero-order valence-corrected chi connectivity index (χ0v) is 14.3. The summed E-state index contributed by atoms with van der Waals surface area (Å²) in [7, 11) is 0. The molecule has 1 aliphatic carbocycles. The van der Waals surface area contributed by atoms with Crippen molar-refractivity contribution in [2.24, 2.45) is 0 Å². The Bertz CT molecular complexity index is 766. The molecule has 1 atom stereocenters. The number of pyridine rings is 1. The van der Waals surface area contributed by atoms with E-state index >= 15 is 0 Å². The summed E-state index contributed by atoms with van der Waals surface area (Å²) >= 11 is 0. The van der Waals surface area contributed by atoms with Gasteiger partial charge in [0.05, 0.1) is 16.6 Å². The standard InChI is InChI=1S/C18H24N4O2/c1-3-4-14-16-13(18(23)22-8-7-19-11(2)10-22)9-15(12-5-6-12)20-17(16)24-21-14/h9,11-12,19H,3-8,10H2,1-2H3. The van der Waals surface area contributed by atoms with Gasteiger partial charge in [0.15, 0.2) is 0 Å². The predicted octanol–water partition coefficient (Wildman–Crippen LogP) is 2.49. The van der Waals surface area contributed by atoms with E-state index in [1.54, 1.807) is 0 Å². The number of nitrogens with zero attached hydrogens (tertiary/aromatic N) is 3. The molecule has 0 bridgehead atoms. The van der Waals surface area contributed by atoms with Crippen molar-refractivity contribution in [1.29, 1.82) is 0 Å². The highest BCUT2D eigenvalue weighted by molar-refractivity contribution is 6.06. The van der Waals surface area contributed by atoms with Gasteiger partial charge in [0.25, 0.3) is 11.6 Å². The van der Waals surface area contributed by atoms with E-state index in [1.165, 1.54) is 0 Å². The Hall–Kier alpha value is -1.95. The van der Waals surface area contributed by atoms with Gasteiger partial charge in [-0.25, -0.2) is 4.98 Å². The van der Waals surface area contributed by atoms with Gasteiger partial charge in [0.2, 0.25) is 0 Å². The van der Waals surface area contributed by atoms with Crippen molar-refractivity contribution < 1.29 is 9.32 Å². The third-order valence-electron chi connectivity index (χ3n) is 4.91. The maximum atomic E-state index is 13.2. The van der Waals surface area contributed by atoms with Crippen molar-refractivity contribution in [2.45, 2.75) is 51.5 Å². The quantitative estimate of drug-likeness (QED) is 0.933. The van der Waals surface area contributed by atoms with E-state index in [4.69, 9.17) is 4.52 Å². The monoisotopic (exact) mass is 328 g/mol. The summed E-state index contributed by atoms with van der Waals surface area (Å²) in [6.07, 6.45) is 4.06. The van der Waals surface area contributed by atoms with Crippen molar-refractivity contribution in [3.8, 4) is 0 Å². The molecule has 128 valence electrons. The number of carbonyl (C=O) groups is 1. The van der Waals surface area contributed by atoms with Crippen LogP contribution in [-0.2, 0) is 6.42 Å². The maximum absolute atomic E-state index is 13.2. The minimum Gasteiger partial charge on any atom is -0.336 e. The molecule has 4 rings (SSSR count). The van der Waals surface area contributed by atoms with E-state index in [0.717, 1.165) is 67.7 Å². The van der Waals surface area contributed by atoms with E-state index in [2.05, 4.69) is 29.3 Å². The first kappa shape index (κ1) is 15.6.